The summed E-state index contributed by atoms with van der Waals surface area (Å²) in [4.78, 5) is 6.00. The van der Waals surface area contributed by atoms with Crippen molar-refractivity contribution in [1.29, 1.82) is 0 Å². The van der Waals surface area contributed by atoms with Crippen molar-refractivity contribution in [1.82, 2.24) is 14.8 Å². The van der Waals surface area contributed by atoms with Gasteiger partial charge in [-0.25, -0.2) is 4.68 Å². The first-order valence-corrected chi connectivity index (χ1v) is 5.50. The van der Waals surface area contributed by atoms with Gasteiger partial charge in [0.15, 0.2) is 0 Å². The van der Waals surface area contributed by atoms with Gasteiger partial charge in [0.25, 0.3) is 0 Å². The number of anilines is 1. The molecule has 2 aromatic rings. The normalized spacial score (nSPS) is 10.3. The van der Waals surface area contributed by atoms with Crippen LogP contribution in [0, 0.1) is 0 Å². The molecule has 0 spiro atoms. The lowest BCUT2D eigenvalue weighted by Gasteiger charge is -2.08. The van der Waals surface area contributed by atoms with Gasteiger partial charge in [-0.15, -0.1) is 5.10 Å². The molecule has 0 saturated heterocycles. The van der Waals surface area contributed by atoms with E-state index in [0.29, 0.717) is 16.7 Å². The van der Waals surface area contributed by atoms with E-state index in [1.807, 2.05) is 43.3 Å². The largest absolute Gasteiger partial charge is 0.346 e. The highest BCUT2D eigenvalue weighted by Gasteiger charge is 2.09. The Labute approximate surface area is 105 Å². The van der Waals surface area contributed by atoms with Crippen LogP contribution in [0.15, 0.2) is 37.2 Å². The minimum atomic E-state index is 0.637. The standard InChI is InChI=1S/C12H13ClN4/c1-9(10-6-4-5-7-11(10)13)17-8-14-12(15-17)16(2)3/h4-8H,1H2,2-3H3. The Morgan fingerprint density at radius 2 is 2.06 bits per heavy atom. The van der Waals surface area contributed by atoms with Gasteiger partial charge in [-0.05, 0) is 6.07 Å². The molecule has 0 aliphatic heterocycles. The summed E-state index contributed by atoms with van der Waals surface area (Å²) in [7, 11) is 3.77. The van der Waals surface area contributed by atoms with Crippen molar-refractivity contribution < 1.29 is 0 Å². The van der Waals surface area contributed by atoms with Gasteiger partial charge in [-0.2, -0.15) is 4.98 Å². The zero-order valence-corrected chi connectivity index (χ0v) is 10.5. The molecule has 0 aliphatic carbocycles. The van der Waals surface area contributed by atoms with E-state index in [2.05, 4.69) is 16.7 Å². The third-order valence-electron chi connectivity index (χ3n) is 2.34. The van der Waals surface area contributed by atoms with E-state index >= 15 is 0 Å². The van der Waals surface area contributed by atoms with Crippen molar-refractivity contribution in [2.75, 3.05) is 19.0 Å². The third kappa shape index (κ3) is 2.31. The van der Waals surface area contributed by atoms with Crippen LogP contribution in [-0.4, -0.2) is 28.9 Å². The summed E-state index contributed by atoms with van der Waals surface area (Å²) in [6.45, 7) is 3.99. The van der Waals surface area contributed by atoms with E-state index in [9.17, 15) is 0 Å². The fourth-order valence-electron chi connectivity index (χ4n) is 1.41. The first kappa shape index (κ1) is 11.7. The molecule has 0 aliphatic rings. The Morgan fingerprint density at radius 3 is 2.65 bits per heavy atom. The van der Waals surface area contributed by atoms with Crippen LogP contribution in [0.25, 0.3) is 5.70 Å². The van der Waals surface area contributed by atoms with E-state index in [0.717, 1.165) is 5.56 Å². The topological polar surface area (TPSA) is 34.0 Å². The Balaban J connectivity index is 2.34. The summed E-state index contributed by atoms with van der Waals surface area (Å²) in [6, 6.07) is 7.52. The molecule has 0 bridgehead atoms. The number of rotatable bonds is 3. The molecule has 0 saturated carbocycles. The lowest BCUT2D eigenvalue weighted by atomic mass is 10.2. The molecule has 5 heteroatoms. The van der Waals surface area contributed by atoms with Crippen molar-refractivity contribution in [3.8, 4) is 0 Å². The van der Waals surface area contributed by atoms with Crippen molar-refractivity contribution >= 4 is 23.2 Å². The Kier molecular flexibility index (Phi) is 3.15. The summed E-state index contributed by atoms with van der Waals surface area (Å²) in [5.41, 5.74) is 1.56. The Hall–Kier alpha value is -1.81. The number of hydrogen-bond acceptors (Lipinski definition) is 3. The van der Waals surface area contributed by atoms with E-state index in [4.69, 9.17) is 11.6 Å². The summed E-state index contributed by atoms with van der Waals surface area (Å²) < 4.78 is 1.62. The molecule has 2 rings (SSSR count). The molecular formula is C12H13ClN4. The van der Waals surface area contributed by atoms with Gasteiger partial charge in [0.05, 0.1) is 5.70 Å². The highest BCUT2D eigenvalue weighted by molar-refractivity contribution is 6.32. The molecule has 1 heterocycles. The molecule has 1 aromatic heterocycles. The van der Waals surface area contributed by atoms with Gasteiger partial charge in [-0.3, -0.25) is 0 Å². The second kappa shape index (κ2) is 4.59. The lowest BCUT2D eigenvalue weighted by Crippen LogP contribution is -2.11. The molecule has 4 nitrogen and oxygen atoms in total. The second-order valence-electron chi connectivity index (χ2n) is 3.81. The van der Waals surface area contributed by atoms with Crippen LogP contribution in [0.2, 0.25) is 5.02 Å². The molecule has 0 N–H and O–H groups in total. The maximum absolute atomic E-state index is 6.11. The molecule has 0 radical (unpaired) electrons. The van der Waals surface area contributed by atoms with E-state index in [1.165, 1.54) is 0 Å². The maximum Gasteiger partial charge on any atom is 0.244 e. The average Bonchev–Trinajstić information content (AvgIpc) is 2.78. The minimum Gasteiger partial charge on any atom is -0.346 e. The van der Waals surface area contributed by atoms with Gasteiger partial charge in [0.1, 0.15) is 6.33 Å². The maximum atomic E-state index is 6.11. The molecule has 0 fully saturated rings. The molecule has 17 heavy (non-hydrogen) atoms. The van der Waals surface area contributed by atoms with Crippen molar-refractivity contribution in [2.24, 2.45) is 0 Å². The summed E-state index contributed by atoms with van der Waals surface area (Å²) in [5.74, 6) is 0.637. The van der Waals surface area contributed by atoms with E-state index in [1.54, 1.807) is 11.0 Å². The number of benzene rings is 1. The van der Waals surface area contributed by atoms with Gasteiger partial charge in [-0.1, -0.05) is 36.4 Å². The van der Waals surface area contributed by atoms with Crippen molar-refractivity contribution in [2.45, 2.75) is 0 Å². The van der Waals surface area contributed by atoms with Crippen LogP contribution in [0.3, 0.4) is 0 Å². The Morgan fingerprint density at radius 1 is 1.35 bits per heavy atom. The SMILES string of the molecule is C=C(c1ccccc1Cl)n1cnc(N(C)C)n1. The van der Waals surface area contributed by atoms with Gasteiger partial charge < -0.3 is 4.90 Å². The van der Waals surface area contributed by atoms with Crippen molar-refractivity contribution in [3.05, 3.63) is 47.8 Å². The fraction of sp³-hybridized carbons (Fsp3) is 0.167. The molecule has 0 unspecified atom stereocenters. The summed E-state index contributed by atoms with van der Waals surface area (Å²) >= 11 is 6.11. The van der Waals surface area contributed by atoms with Gasteiger partial charge in [0.2, 0.25) is 5.95 Å². The van der Waals surface area contributed by atoms with Crippen LogP contribution < -0.4 is 4.90 Å². The zero-order chi connectivity index (χ0) is 12.4. The predicted molar refractivity (Wildman–Crippen MR) is 70.2 cm³/mol. The average molecular weight is 249 g/mol. The zero-order valence-electron chi connectivity index (χ0n) is 9.76. The quantitative estimate of drug-likeness (QED) is 0.837. The first-order valence-electron chi connectivity index (χ1n) is 5.13. The summed E-state index contributed by atoms with van der Waals surface area (Å²) in [6.07, 6.45) is 1.63. The lowest BCUT2D eigenvalue weighted by molar-refractivity contribution is 0.888. The minimum absolute atomic E-state index is 0.637. The highest BCUT2D eigenvalue weighted by Crippen LogP contribution is 2.23. The Bertz CT molecular complexity index is 545. The molecule has 0 atom stereocenters. The highest BCUT2D eigenvalue weighted by atomic mass is 35.5. The van der Waals surface area contributed by atoms with Gasteiger partial charge >= 0.3 is 0 Å². The number of hydrogen-bond donors (Lipinski definition) is 0. The van der Waals surface area contributed by atoms with E-state index < -0.39 is 0 Å². The smallest absolute Gasteiger partial charge is 0.244 e. The predicted octanol–water partition coefficient (Wildman–Crippen LogP) is 2.52. The molecule has 0 amide bonds. The molecular weight excluding hydrogens is 236 g/mol. The number of aromatic nitrogens is 3. The van der Waals surface area contributed by atoms with Crippen LogP contribution in [0.4, 0.5) is 5.95 Å². The fourth-order valence-corrected chi connectivity index (χ4v) is 1.65. The molecule has 88 valence electrons. The van der Waals surface area contributed by atoms with Gasteiger partial charge in [0, 0.05) is 24.7 Å². The third-order valence-corrected chi connectivity index (χ3v) is 2.67. The van der Waals surface area contributed by atoms with Crippen molar-refractivity contribution in [3.63, 3.8) is 0 Å². The second-order valence-corrected chi connectivity index (χ2v) is 4.22. The number of halogens is 1. The monoisotopic (exact) mass is 248 g/mol. The first-order chi connectivity index (χ1) is 8.09. The van der Waals surface area contributed by atoms with Crippen LogP contribution >= 0.6 is 11.6 Å². The van der Waals surface area contributed by atoms with E-state index in [-0.39, 0.29) is 0 Å². The van der Waals surface area contributed by atoms with Crippen LogP contribution in [0.1, 0.15) is 5.56 Å². The molecule has 1 aromatic carbocycles. The number of nitrogens with zero attached hydrogens (tertiary/aromatic N) is 4. The summed E-state index contributed by atoms with van der Waals surface area (Å²) in [5, 5.41) is 4.95. The van der Waals surface area contributed by atoms with Crippen LogP contribution in [-0.2, 0) is 0 Å². The van der Waals surface area contributed by atoms with Crippen LogP contribution in [0.5, 0.6) is 0 Å².